The van der Waals surface area contributed by atoms with Crippen LogP contribution < -0.4 is 5.32 Å². The van der Waals surface area contributed by atoms with Crippen molar-refractivity contribution in [3.05, 3.63) is 20.9 Å². The minimum absolute atomic E-state index is 0.00647. The zero-order valence-electron chi connectivity index (χ0n) is 11.0. The van der Waals surface area contributed by atoms with Crippen molar-refractivity contribution in [2.45, 2.75) is 26.3 Å². The summed E-state index contributed by atoms with van der Waals surface area (Å²) in [5.74, 6) is -1.55. The van der Waals surface area contributed by atoms with Gasteiger partial charge < -0.3 is 9.88 Å². The lowest BCUT2D eigenvalue weighted by Crippen LogP contribution is -2.44. The number of carbonyl (C=O) groups excluding carboxylic acids is 3. The summed E-state index contributed by atoms with van der Waals surface area (Å²) in [6.45, 7) is 5.28. The van der Waals surface area contributed by atoms with Crippen LogP contribution in [0.4, 0.5) is 0 Å². The summed E-state index contributed by atoms with van der Waals surface area (Å²) in [6, 6.07) is 0. The van der Waals surface area contributed by atoms with E-state index in [9.17, 15) is 14.4 Å². The van der Waals surface area contributed by atoms with Crippen molar-refractivity contribution in [3.63, 3.8) is 0 Å². The van der Waals surface area contributed by atoms with Gasteiger partial charge in [0, 0.05) is 12.6 Å². The molecule has 7 heteroatoms. The summed E-state index contributed by atoms with van der Waals surface area (Å²) < 4.78 is 1.71. The molecule has 19 heavy (non-hydrogen) atoms. The highest BCUT2D eigenvalue weighted by Crippen LogP contribution is 2.30. The van der Waals surface area contributed by atoms with Crippen LogP contribution in [-0.2, 0) is 11.8 Å². The fraction of sp³-hybridized carbons (Fsp3) is 0.417. The number of hydrogen-bond acceptors (Lipinski definition) is 3. The number of hydrogen-bond donors (Lipinski definition) is 1. The normalized spacial score (nSPS) is 11.3. The molecule has 0 atom stereocenters. The number of aromatic nitrogens is 1. The lowest BCUT2D eigenvalue weighted by molar-refractivity contribution is -0.118. The zero-order valence-corrected chi connectivity index (χ0v) is 13.3. The Hall–Kier alpha value is -1.14. The number of Topliss-reactive ketones (excluding diaryl/α,β-unsaturated/α-hetero) is 1. The molecule has 0 fully saturated rings. The van der Waals surface area contributed by atoms with Crippen molar-refractivity contribution in [2.24, 2.45) is 7.05 Å². The van der Waals surface area contributed by atoms with E-state index in [0.717, 1.165) is 0 Å². The van der Waals surface area contributed by atoms with E-state index in [0.29, 0.717) is 10.9 Å². The molecule has 1 amide bonds. The van der Waals surface area contributed by atoms with E-state index >= 15 is 0 Å². The number of amides is 1. The van der Waals surface area contributed by atoms with E-state index in [1.165, 1.54) is 4.57 Å². The second-order valence-corrected chi connectivity index (χ2v) is 6.20. The van der Waals surface area contributed by atoms with E-state index < -0.39 is 17.2 Å². The topological polar surface area (TPSA) is 68.2 Å². The molecule has 0 spiro atoms. The zero-order chi connectivity index (χ0) is 15.0. The maximum absolute atomic E-state index is 12.1. The van der Waals surface area contributed by atoms with Gasteiger partial charge in [-0.3, -0.25) is 14.4 Å². The van der Waals surface area contributed by atoms with Crippen LogP contribution in [0.1, 0.15) is 41.6 Å². The predicted octanol–water partition coefficient (Wildman–Crippen LogP) is 2.35. The van der Waals surface area contributed by atoms with Crippen LogP contribution in [0.3, 0.4) is 0 Å². The van der Waals surface area contributed by atoms with Gasteiger partial charge in [0.25, 0.3) is 11.7 Å². The van der Waals surface area contributed by atoms with Gasteiger partial charge in [0.1, 0.15) is 5.69 Å². The molecule has 0 saturated heterocycles. The highest BCUT2D eigenvalue weighted by atomic mass is 79.9. The average Bonchev–Trinajstić information content (AvgIpc) is 2.47. The summed E-state index contributed by atoms with van der Waals surface area (Å²) in [5.41, 5.74) is -0.401. The number of aldehydes is 1. The van der Waals surface area contributed by atoms with Gasteiger partial charge in [-0.25, -0.2) is 0 Å². The Balaban J connectivity index is 3.21. The summed E-state index contributed by atoms with van der Waals surface area (Å²) in [4.78, 5) is 34.8. The number of ketones is 1. The lowest BCUT2D eigenvalue weighted by Gasteiger charge is -2.19. The van der Waals surface area contributed by atoms with Gasteiger partial charge in [-0.1, -0.05) is 11.6 Å². The van der Waals surface area contributed by atoms with Crippen molar-refractivity contribution in [2.75, 3.05) is 0 Å². The molecule has 1 N–H and O–H groups in total. The molecule has 0 aliphatic rings. The van der Waals surface area contributed by atoms with Gasteiger partial charge >= 0.3 is 0 Å². The Bertz CT molecular complexity index is 558. The maximum Gasteiger partial charge on any atom is 0.292 e. The predicted molar refractivity (Wildman–Crippen MR) is 75.7 cm³/mol. The Labute approximate surface area is 124 Å². The van der Waals surface area contributed by atoms with Crippen LogP contribution in [-0.4, -0.2) is 28.1 Å². The van der Waals surface area contributed by atoms with Crippen molar-refractivity contribution < 1.29 is 14.4 Å². The standard InChI is InChI=1S/C12H14BrClN2O3/c1-12(2,3)15-11(19)9(18)7-8(14)6(5-17)16(4)10(7)13/h5H,1-4H3,(H,15,19). The molecule has 1 heterocycles. The van der Waals surface area contributed by atoms with Crippen molar-refractivity contribution >= 4 is 45.5 Å². The largest absolute Gasteiger partial charge is 0.345 e. The Morgan fingerprint density at radius 2 is 1.89 bits per heavy atom. The Morgan fingerprint density at radius 3 is 2.26 bits per heavy atom. The van der Waals surface area contributed by atoms with Gasteiger partial charge in [0.15, 0.2) is 6.29 Å². The lowest BCUT2D eigenvalue weighted by atomic mass is 10.1. The second kappa shape index (κ2) is 5.46. The average molecular weight is 350 g/mol. The molecule has 0 unspecified atom stereocenters. The molecule has 0 bridgehead atoms. The van der Waals surface area contributed by atoms with Crippen molar-refractivity contribution in [1.82, 2.24) is 9.88 Å². The molecular formula is C12H14BrClN2O3. The van der Waals surface area contributed by atoms with Crippen LogP contribution >= 0.6 is 27.5 Å². The van der Waals surface area contributed by atoms with Gasteiger partial charge in [-0.05, 0) is 36.7 Å². The third-order valence-electron chi connectivity index (χ3n) is 2.34. The quantitative estimate of drug-likeness (QED) is 0.517. The maximum atomic E-state index is 12.1. The molecule has 0 aromatic carbocycles. The highest BCUT2D eigenvalue weighted by molar-refractivity contribution is 9.10. The van der Waals surface area contributed by atoms with Gasteiger partial charge in [0.2, 0.25) is 0 Å². The number of nitrogens with one attached hydrogen (secondary N) is 1. The summed E-state index contributed by atoms with van der Waals surface area (Å²) >= 11 is 9.12. The highest BCUT2D eigenvalue weighted by Gasteiger charge is 2.29. The third-order valence-corrected chi connectivity index (χ3v) is 3.65. The molecule has 0 radical (unpaired) electrons. The molecule has 0 aliphatic heterocycles. The minimum Gasteiger partial charge on any atom is -0.345 e. The van der Waals surface area contributed by atoms with E-state index in [1.807, 2.05) is 0 Å². The molecule has 1 aromatic rings. The number of nitrogens with zero attached hydrogens (tertiary/aromatic N) is 1. The monoisotopic (exact) mass is 348 g/mol. The van der Waals surface area contributed by atoms with E-state index in [1.54, 1.807) is 27.8 Å². The van der Waals surface area contributed by atoms with Crippen LogP contribution in [0.15, 0.2) is 4.60 Å². The number of halogens is 2. The smallest absolute Gasteiger partial charge is 0.292 e. The van der Waals surface area contributed by atoms with Gasteiger partial charge in [-0.15, -0.1) is 0 Å². The summed E-state index contributed by atoms with van der Waals surface area (Å²) in [7, 11) is 1.57. The van der Waals surface area contributed by atoms with Crippen LogP contribution in [0.5, 0.6) is 0 Å². The van der Waals surface area contributed by atoms with Crippen LogP contribution in [0.25, 0.3) is 0 Å². The third kappa shape index (κ3) is 3.25. The Morgan fingerprint density at radius 1 is 1.37 bits per heavy atom. The SMILES string of the molecule is Cn1c(Br)c(C(=O)C(=O)NC(C)(C)C)c(Cl)c1C=O. The van der Waals surface area contributed by atoms with Gasteiger partial charge in [0.05, 0.1) is 15.2 Å². The van der Waals surface area contributed by atoms with E-state index in [4.69, 9.17) is 11.6 Å². The van der Waals surface area contributed by atoms with E-state index in [-0.39, 0.29) is 16.3 Å². The van der Waals surface area contributed by atoms with Crippen molar-refractivity contribution in [3.8, 4) is 0 Å². The first-order valence-corrected chi connectivity index (χ1v) is 6.63. The molecule has 0 aliphatic carbocycles. The molecule has 104 valence electrons. The first-order valence-electron chi connectivity index (χ1n) is 5.46. The molecule has 5 nitrogen and oxygen atoms in total. The molecule has 1 aromatic heterocycles. The van der Waals surface area contributed by atoms with Crippen LogP contribution in [0, 0.1) is 0 Å². The van der Waals surface area contributed by atoms with Gasteiger partial charge in [-0.2, -0.15) is 0 Å². The minimum atomic E-state index is -0.782. The molecular weight excluding hydrogens is 336 g/mol. The second-order valence-electron chi connectivity index (χ2n) is 5.08. The molecule has 1 rings (SSSR count). The summed E-state index contributed by atoms with van der Waals surface area (Å²) in [5, 5.41) is 2.52. The first-order chi connectivity index (χ1) is 8.60. The van der Waals surface area contributed by atoms with E-state index in [2.05, 4.69) is 21.2 Å². The van der Waals surface area contributed by atoms with Crippen LogP contribution in [0.2, 0.25) is 5.02 Å². The fourth-order valence-electron chi connectivity index (χ4n) is 1.47. The Kier molecular flexibility index (Phi) is 4.58. The fourth-order valence-corrected chi connectivity index (χ4v) is 2.50. The number of carbonyl (C=O) groups is 3. The summed E-state index contributed by atoms with van der Waals surface area (Å²) in [6.07, 6.45) is 0.533. The molecule has 0 saturated carbocycles. The van der Waals surface area contributed by atoms with Crippen molar-refractivity contribution in [1.29, 1.82) is 0 Å². The first kappa shape index (κ1) is 15.9. The number of rotatable bonds is 3.